The highest BCUT2D eigenvalue weighted by Gasteiger charge is 2.39. The third kappa shape index (κ3) is 8.62. The highest BCUT2D eigenvalue weighted by molar-refractivity contribution is 7.98. The Kier molecular flexibility index (Phi) is 11.2. The maximum atomic E-state index is 13.6. The van der Waals surface area contributed by atoms with Gasteiger partial charge in [0.05, 0.1) is 6.04 Å². The van der Waals surface area contributed by atoms with E-state index in [2.05, 4.69) is 10.6 Å². The number of phenols is 2. The third-order valence-corrected chi connectivity index (χ3v) is 7.43. The number of rotatable bonds is 13. The van der Waals surface area contributed by atoms with E-state index in [0.29, 0.717) is 37.1 Å². The summed E-state index contributed by atoms with van der Waals surface area (Å²) in [7, 11) is 0. The topological polar surface area (TPSA) is 182 Å². The van der Waals surface area contributed by atoms with Crippen LogP contribution in [0, 0.1) is 0 Å². The van der Waals surface area contributed by atoms with E-state index in [0.717, 1.165) is 5.56 Å². The summed E-state index contributed by atoms with van der Waals surface area (Å²) in [6.07, 6.45) is 3.36. The maximum absolute atomic E-state index is 13.6. The lowest BCUT2D eigenvalue weighted by Gasteiger charge is -2.30. The molecule has 0 spiro atoms. The normalized spacial score (nSPS) is 17.1. The van der Waals surface area contributed by atoms with Crippen molar-refractivity contribution in [3.05, 3.63) is 59.7 Å². The zero-order valence-electron chi connectivity index (χ0n) is 22.3. The van der Waals surface area contributed by atoms with Gasteiger partial charge in [0.2, 0.25) is 17.7 Å². The lowest BCUT2D eigenvalue weighted by Crippen LogP contribution is -2.57. The molecule has 40 heavy (non-hydrogen) atoms. The van der Waals surface area contributed by atoms with Crippen LogP contribution in [0.4, 0.5) is 0 Å². The average molecular weight is 573 g/mol. The van der Waals surface area contributed by atoms with Crippen LogP contribution in [0.3, 0.4) is 0 Å². The largest absolute Gasteiger partial charge is 0.508 e. The number of aliphatic carboxylic acids is 1. The first-order chi connectivity index (χ1) is 19.1. The van der Waals surface area contributed by atoms with Crippen molar-refractivity contribution in [3.63, 3.8) is 0 Å². The Hall–Kier alpha value is -3.77. The molecule has 216 valence electrons. The Morgan fingerprint density at radius 2 is 1.52 bits per heavy atom. The number of carboxylic acid groups (broad SMARTS) is 1. The lowest BCUT2D eigenvalue weighted by molar-refractivity contribution is -0.144. The number of likely N-dealkylation sites (tertiary alicyclic amines) is 1. The van der Waals surface area contributed by atoms with Gasteiger partial charge < -0.3 is 36.6 Å². The van der Waals surface area contributed by atoms with Gasteiger partial charge in [-0.15, -0.1) is 0 Å². The third-order valence-electron chi connectivity index (χ3n) is 6.78. The van der Waals surface area contributed by atoms with Crippen LogP contribution < -0.4 is 16.4 Å². The standard InChI is InChI=1S/C28H36N4O7S/c1-40-14-12-22(30-25(35)21(29)15-17-4-8-19(33)9-5-17)27(37)32-13-2-3-24(32)26(36)31-23(28(38)39)16-18-6-10-20(34)11-7-18/h4-11,21-24,33-34H,2-3,12-16,29H2,1H3,(H,30,35)(H,31,36)(H,38,39). The number of carboxylic acids is 1. The summed E-state index contributed by atoms with van der Waals surface area (Å²) in [6.45, 7) is 0.303. The number of thioether (sulfide) groups is 1. The van der Waals surface area contributed by atoms with Crippen LogP contribution in [0.25, 0.3) is 0 Å². The monoisotopic (exact) mass is 572 g/mol. The van der Waals surface area contributed by atoms with Gasteiger partial charge in [0.25, 0.3) is 0 Å². The van der Waals surface area contributed by atoms with Crippen LogP contribution in [0.15, 0.2) is 48.5 Å². The molecule has 12 heteroatoms. The number of phenolic OH excluding ortho intramolecular Hbond substituents is 2. The number of nitrogens with one attached hydrogen (secondary N) is 2. The van der Waals surface area contributed by atoms with Crippen LogP contribution in [-0.2, 0) is 32.0 Å². The molecule has 0 bridgehead atoms. The fraction of sp³-hybridized carbons (Fsp3) is 0.429. The molecule has 0 radical (unpaired) electrons. The van der Waals surface area contributed by atoms with Gasteiger partial charge >= 0.3 is 5.97 Å². The minimum Gasteiger partial charge on any atom is -0.508 e. The van der Waals surface area contributed by atoms with Gasteiger partial charge in [0.1, 0.15) is 29.6 Å². The Morgan fingerprint density at radius 3 is 2.08 bits per heavy atom. The number of carbonyl (C=O) groups is 4. The molecule has 1 aliphatic heterocycles. The van der Waals surface area contributed by atoms with Crippen molar-refractivity contribution in [3.8, 4) is 11.5 Å². The zero-order valence-corrected chi connectivity index (χ0v) is 23.1. The van der Waals surface area contributed by atoms with Crippen LogP contribution >= 0.6 is 11.8 Å². The molecule has 1 fully saturated rings. The molecule has 1 saturated heterocycles. The van der Waals surface area contributed by atoms with Gasteiger partial charge in [-0.05, 0) is 73.1 Å². The minimum absolute atomic E-state index is 0.00729. The number of aromatic hydroxyl groups is 2. The molecular weight excluding hydrogens is 536 g/mol. The molecule has 7 N–H and O–H groups in total. The van der Waals surface area contributed by atoms with E-state index in [1.807, 2.05) is 6.26 Å². The summed E-state index contributed by atoms with van der Waals surface area (Å²) in [5, 5.41) is 33.9. The van der Waals surface area contributed by atoms with Gasteiger partial charge in [-0.1, -0.05) is 24.3 Å². The summed E-state index contributed by atoms with van der Waals surface area (Å²) in [5.74, 6) is -1.98. The average Bonchev–Trinajstić information content (AvgIpc) is 3.42. The predicted octanol–water partition coefficient (Wildman–Crippen LogP) is 1.01. The zero-order chi connectivity index (χ0) is 29.2. The molecule has 4 atom stereocenters. The maximum Gasteiger partial charge on any atom is 0.326 e. The first-order valence-corrected chi connectivity index (χ1v) is 14.4. The summed E-state index contributed by atoms with van der Waals surface area (Å²) in [4.78, 5) is 53.0. The van der Waals surface area contributed by atoms with Crippen LogP contribution in [0.2, 0.25) is 0 Å². The Balaban J connectivity index is 1.66. The van der Waals surface area contributed by atoms with Crippen molar-refractivity contribution >= 4 is 35.5 Å². The lowest BCUT2D eigenvalue weighted by atomic mass is 10.0. The summed E-state index contributed by atoms with van der Waals surface area (Å²) < 4.78 is 0. The van der Waals surface area contributed by atoms with Gasteiger partial charge in [0.15, 0.2) is 0 Å². The molecule has 2 aromatic carbocycles. The second kappa shape index (κ2) is 14.6. The first kappa shape index (κ1) is 30.8. The van der Waals surface area contributed by atoms with Crippen LogP contribution in [0.1, 0.15) is 30.4 Å². The van der Waals surface area contributed by atoms with Crippen molar-refractivity contribution in [2.75, 3.05) is 18.6 Å². The number of hydrogen-bond acceptors (Lipinski definition) is 8. The van der Waals surface area contributed by atoms with Crippen molar-refractivity contribution in [2.45, 2.75) is 56.3 Å². The first-order valence-electron chi connectivity index (χ1n) is 13.0. The smallest absolute Gasteiger partial charge is 0.326 e. The van der Waals surface area contributed by atoms with Crippen molar-refractivity contribution in [2.24, 2.45) is 5.73 Å². The van der Waals surface area contributed by atoms with Crippen molar-refractivity contribution in [1.29, 1.82) is 0 Å². The van der Waals surface area contributed by atoms with Crippen molar-refractivity contribution < 1.29 is 34.5 Å². The Morgan fingerprint density at radius 1 is 0.950 bits per heavy atom. The fourth-order valence-corrected chi connectivity index (χ4v) is 5.06. The van der Waals surface area contributed by atoms with Gasteiger partial charge in [-0.2, -0.15) is 11.8 Å². The minimum atomic E-state index is -1.22. The molecule has 0 aliphatic carbocycles. The van der Waals surface area contributed by atoms with Gasteiger partial charge in [-0.25, -0.2) is 4.79 Å². The van der Waals surface area contributed by atoms with E-state index < -0.39 is 47.9 Å². The van der Waals surface area contributed by atoms with E-state index in [1.54, 1.807) is 24.3 Å². The van der Waals surface area contributed by atoms with E-state index in [4.69, 9.17) is 5.73 Å². The SMILES string of the molecule is CSCCC(NC(=O)C(N)Cc1ccc(O)cc1)C(=O)N1CCCC1C(=O)NC(Cc1ccc(O)cc1)C(=O)O. The Labute approximate surface area is 237 Å². The second-order valence-electron chi connectivity index (χ2n) is 9.78. The van der Waals surface area contributed by atoms with Crippen LogP contribution in [-0.4, -0.2) is 86.6 Å². The number of amides is 3. The van der Waals surface area contributed by atoms with Crippen LogP contribution in [0.5, 0.6) is 11.5 Å². The van der Waals surface area contributed by atoms with Crippen molar-refractivity contribution in [1.82, 2.24) is 15.5 Å². The second-order valence-corrected chi connectivity index (χ2v) is 10.8. The highest BCUT2D eigenvalue weighted by atomic mass is 32.2. The molecule has 1 heterocycles. The number of carbonyl (C=O) groups excluding carboxylic acids is 3. The molecule has 11 nitrogen and oxygen atoms in total. The van der Waals surface area contributed by atoms with E-state index in [-0.39, 0.29) is 24.3 Å². The summed E-state index contributed by atoms with van der Waals surface area (Å²) in [5.41, 5.74) is 7.48. The molecule has 0 saturated carbocycles. The summed E-state index contributed by atoms with van der Waals surface area (Å²) >= 11 is 1.51. The molecule has 3 amide bonds. The van der Waals surface area contributed by atoms with E-state index >= 15 is 0 Å². The number of hydrogen-bond donors (Lipinski definition) is 6. The molecular formula is C28H36N4O7S. The number of benzene rings is 2. The fourth-order valence-electron chi connectivity index (χ4n) is 4.59. The van der Waals surface area contributed by atoms with E-state index in [1.165, 1.54) is 40.9 Å². The number of nitrogens with zero attached hydrogens (tertiary/aromatic N) is 1. The predicted molar refractivity (Wildman–Crippen MR) is 151 cm³/mol. The Bertz CT molecular complexity index is 1180. The van der Waals surface area contributed by atoms with Gasteiger partial charge in [0, 0.05) is 13.0 Å². The molecule has 0 aromatic heterocycles. The molecule has 2 aromatic rings. The van der Waals surface area contributed by atoms with E-state index in [9.17, 15) is 34.5 Å². The quantitative estimate of drug-likeness (QED) is 0.204. The number of nitrogens with two attached hydrogens (primary N) is 1. The van der Waals surface area contributed by atoms with Gasteiger partial charge in [-0.3, -0.25) is 14.4 Å². The molecule has 4 unspecified atom stereocenters. The molecule has 3 rings (SSSR count). The summed E-state index contributed by atoms with van der Waals surface area (Å²) in [6, 6.07) is 8.45. The molecule has 1 aliphatic rings. The highest BCUT2D eigenvalue weighted by Crippen LogP contribution is 2.21.